The van der Waals surface area contributed by atoms with E-state index in [1.54, 1.807) is 18.2 Å². The Morgan fingerprint density at radius 3 is 2.77 bits per heavy atom. The van der Waals surface area contributed by atoms with Crippen molar-refractivity contribution >= 4 is 45.6 Å². The number of anilines is 1. The standard InChI is InChI=1S/C24H27BrN4O6/c1-15-5-3-6-17(9-15)28-21(30)14-35-22-19(25)10-16(11-20(22)33-2)12-27-29-24(32)23(31)26-13-18-7-4-8-34-18/h3,5-6,9-12,18H,4,7-8,13-14H2,1-2H3,(H,26,31)(H,28,30)(H,29,32)/b27-12-/t18-/m1/s1. The first-order valence-corrected chi connectivity index (χ1v) is 11.7. The number of amides is 3. The Hall–Kier alpha value is -3.44. The second-order valence-electron chi connectivity index (χ2n) is 7.78. The fraction of sp³-hybridized carbons (Fsp3) is 0.333. The van der Waals surface area contributed by atoms with Crippen LogP contribution in [0.2, 0.25) is 0 Å². The lowest BCUT2D eigenvalue weighted by atomic mass is 10.2. The highest BCUT2D eigenvalue weighted by atomic mass is 79.9. The summed E-state index contributed by atoms with van der Waals surface area (Å²) >= 11 is 3.40. The van der Waals surface area contributed by atoms with Crippen LogP contribution in [0.5, 0.6) is 11.5 Å². The molecule has 186 valence electrons. The number of hydrogen-bond donors (Lipinski definition) is 3. The van der Waals surface area contributed by atoms with E-state index in [0.717, 1.165) is 18.4 Å². The van der Waals surface area contributed by atoms with Crippen LogP contribution in [-0.2, 0) is 19.1 Å². The van der Waals surface area contributed by atoms with Gasteiger partial charge in [0.25, 0.3) is 5.91 Å². The van der Waals surface area contributed by atoms with Crippen LogP contribution < -0.4 is 25.5 Å². The van der Waals surface area contributed by atoms with Crippen LogP contribution in [0.15, 0.2) is 46.0 Å². The maximum Gasteiger partial charge on any atom is 0.329 e. The van der Waals surface area contributed by atoms with Crippen molar-refractivity contribution in [1.82, 2.24) is 10.7 Å². The summed E-state index contributed by atoms with van der Waals surface area (Å²) in [5, 5.41) is 9.11. The molecule has 2 aromatic rings. The van der Waals surface area contributed by atoms with E-state index in [0.29, 0.717) is 33.8 Å². The average Bonchev–Trinajstić information content (AvgIpc) is 3.35. The summed E-state index contributed by atoms with van der Waals surface area (Å²) in [5.41, 5.74) is 4.45. The Bertz CT molecular complexity index is 1100. The number of benzene rings is 2. The summed E-state index contributed by atoms with van der Waals surface area (Å²) < 4.78 is 16.9. The summed E-state index contributed by atoms with van der Waals surface area (Å²) in [6, 6.07) is 10.7. The monoisotopic (exact) mass is 546 g/mol. The van der Waals surface area contributed by atoms with Crippen molar-refractivity contribution in [2.24, 2.45) is 5.10 Å². The van der Waals surface area contributed by atoms with Crippen LogP contribution in [0.25, 0.3) is 0 Å². The smallest absolute Gasteiger partial charge is 0.329 e. The maximum absolute atomic E-state index is 12.3. The van der Waals surface area contributed by atoms with E-state index in [2.05, 4.69) is 37.1 Å². The fourth-order valence-electron chi connectivity index (χ4n) is 3.32. The molecule has 11 heteroatoms. The number of methoxy groups -OCH3 is 1. The lowest BCUT2D eigenvalue weighted by Crippen LogP contribution is -2.41. The molecule has 0 radical (unpaired) electrons. The molecule has 0 saturated carbocycles. The summed E-state index contributed by atoms with van der Waals surface area (Å²) in [4.78, 5) is 36.0. The van der Waals surface area contributed by atoms with Crippen LogP contribution >= 0.6 is 15.9 Å². The van der Waals surface area contributed by atoms with Crippen molar-refractivity contribution in [3.63, 3.8) is 0 Å². The van der Waals surface area contributed by atoms with Gasteiger partial charge in [-0.1, -0.05) is 12.1 Å². The van der Waals surface area contributed by atoms with Gasteiger partial charge < -0.3 is 24.8 Å². The highest BCUT2D eigenvalue weighted by molar-refractivity contribution is 9.10. The lowest BCUT2D eigenvalue weighted by Gasteiger charge is -2.13. The SMILES string of the molecule is COc1cc(/C=N\NC(=O)C(=O)NC[C@H]2CCCO2)cc(Br)c1OCC(=O)Nc1cccc(C)c1. The third-order valence-electron chi connectivity index (χ3n) is 5.00. The predicted molar refractivity (Wildman–Crippen MR) is 134 cm³/mol. The Balaban J connectivity index is 1.53. The quantitative estimate of drug-likeness (QED) is 0.252. The van der Waals surface area contributed by atoms with Gasteiger partial charge in [-0.15, -0.1) is 0 Å². The number of nitrogens with zero attached hydrogens (tertiary/aromatic N) is 1. The van der Waals surface area contributed by atoms with E-state index < -0.39 is 11.8 Å². The molecule has 1 aliphatic rings. The fourth-order valence-corrected chi connectivity index (χ4v) is 3.89. The van der Waals surface area contributed by atoms with Gasteiger partial charge in [-0.2, -0.15) is 5.10 Å². The van der Waals surface area contributed by atoms with Gasteiger partial charge in [0, 0.05) is 18.8 Å². The van der Waals surface area contributed by atoms with Crippen molar-refractivity contribution < 1.29 is 28.6 Å². The Morgan fingerprint density at radius 1 is 1.23 bits per heavy atom. The number of halogens is 1. The molecular formula is C24H27BrN4O6. The van der Waals surface area contributed by atoms with Crippen molar-refractivity contribution in [3.8, 4) is 11.5 Å². The number of rotatable bonds is 9. The Labute approximate surface area is 211 Å². The first kappa shape index (κ1) is 26.2. The molecule has 0 aliphatic carbocycles. The van der Waals surface area contributed by atoms with Gasteiger partial charge in [-0.25, -0.2) is 5.43 Å². The molecule has 3 amide bonds. The molecular weight excluding hydrogens is 520 g/mol. The first-order valence-electron chi connectivity index (χ1n) is 11.0. The minimum atomic E-state index is -0.884. The van der Waals surface area contributed by atoms with E-state index in [1.807, 2.05) is 25.1 Å². The largest absolute Gasteiger partial charge is 0.493 e. The van der Waals surface area contributed by atoms with Gasteiger partial charge in [0.2, 0.25) is 0 Å². The molecule has 1 atom stereocenters. The van der Waals surface area contributed by atoms with Crippen molar-refractivity contribution in [2.45, 2.75) is 25.9 Å². The molecule has 10 nitrogen and oxygen atoms in total. The van der Waals surface area contributed by atoms with E-state index in [9.17, 15) is 14.4 Å². The van der Waals surface area contributed by atoms with Crippen LogP contribution in [0.1, 0.15) is 24.0 Å². The van der Waals surface area contributed by atoms with E-state index >= 15 is 0 Å². The Morgan fingerprint density at radius 2 is 2.06 bits per heavy atom. The summed E-state index contributed by atoms with van der Waals surface area (Å²) in [6.07, 6.45) is 3.09. The van der Waals surface area contributed by atoms with Crippen LogP contribution in [0, 0.1) is 6.92 Å². The molecule has 35 heavy (non-hydrogen) atoms. The molecule has 0 bridgehead atoms. The Kier molecular flexibility index (Phi) is 9.62. The minimum absolute atomic E-state index is 0.0607. The number of hydrazone groups is 1. The zero-order valence-corrected chi connectivity index (χ0v) is 21.0. The van der Waals surface area contributed by atoms with E-state index in [1.165, 1.54) is 13.3 Å². The van der Waals surface area contributed by atoms with Gasteiger partial charge in [0.05, 0.1) is 23.9 Å². The number of carbonyl (C=O) groups excluding carboxylic acids is 3. The molecule has 3 rings (SSSR count). The number of hydrogen-bond acceptors (Lipinski definition) is 7. The first-order chi connectivity index (χ1) is 16.9. The van der Waals surface area contributed by atoms with Gasteiger partial charge in [-0.3, -0.25) is 14.4 Å². The highest BCUT2D eigenvalue weighted by Crippen LogP contribution is 2.36. The van der Waals surface area contributed by atoms with Crippen molar-refractivity contribution in [1.29, 1.82) is 0 Å². The molecule has 2 aromatic carbocycles. The normalized spacial score (nSPS) is 15.0. The lowest BCUT2D eigenvalue weighted by molar-refractivity contribution is -0.139. The third-order valence-corrected chi connectivity index (χ3v) is 5.59. The molecule has 1 saturated heterocycles. The second-order valence-corrected chi connectivity index (χ2v) is 8.64. The van der Waals surface area contributed by atoms with Crippen LogP contribution in [-0.4, -0.2) is 56.9 Å². The summed E-state index contributed by atoms with van der Waals surface area (Å²) in [7, 11) is 1.46. The number of aryl methyl sites for hydroxylation is 1. The molecule has 1 fully saturated rings. The number of nitrogens with one attached hydrogen (secondary N) is 3. The number of ether oxygens (including phenoxy) is 3. The summed E-state index contributed by atoms with van der Waals surface area (Å²) in [5.74, 6) is -1.31. The van der Waals surface area contributed by atoms with Crippen LogP contribution in [0.4, 0.5) is 5.69 Å². The molecule has 1 heterocycles. The van der Waals surface area contributed by atoms with E-state index in [4.69, 9.17) is 14.2 Å². The van der Waals surface area contributed by atoms with Crippen molar-refractivity contribution in [3.05, 3.63) is 52.0 Å². The third kappa shape index (κ3) is 8.08. The topological polar surface area (TPSA) is 127 Å². The zero-order valence-electron chi connectivity index (χ0n) is 19.4. The van der Waals surface area contributed by atoms with Gasteiger partial charge in [0.15, 0.2) is 18.1 Å². The van der Waals surface area contributed by atoms with E-state index in [-0.39, 0.29) is 25.2 Å². The van der Waals surface area contributed by atoms with Gasteiger partial charge >= 0.3 is 11.8 Å². The van der Waals surface area contributed by atoms with Crippen molar-refractivity contribution in [2.75, 3.05) is 32.2 Å². The average molecular weight is 547 g/mol. The molecule has 3 N–H and O–H groups in total. The predicted octanol–water partition coefficient (Wildman–Crippen LogP) is 2.53. The molecule has 0 aromatic heterocycles. The molecule has 1 aliphatic heterocycles. The maximum atomic E-state index is 12.3. The second kappa shape index (κ2) is 12.9. The minimum Gasteiger partial charge on any atom is -0.493 e. The van der Waals surface area contributed by atoms with Gasteiger partial charge in [-0.05, 0) is 71.1 Å². The van der Waals surface area contributed by atoms with Crippen LogP contribution in [0.3, 0.4) is 0 Å². The molecule has 0 spiro atoms. The zero-order chi connectivity index (χ0) is 25.2. The summed E-state index contributed by atoms with van der Waals surface area (Å²) in [6.45, 7) is 2.66. The molecule has 0 unspecified atom stereocenters. The van der Waals surface area contributed by atoms with Gasteiger partial charge in [0.1, 0.15) is 0 Å². The highest BCUT2D eigenvalue weighted by Gasteiger charge is 2.19. The number of carbonyl (C=O) groups is 3.